The molecule has 9 nitrogen and oxygen atoms in total. The van der Waals surface area contributed by atoms with Crippen molar-refractivity contribution in [2.75, 3.05) is 36.9 Å². The van der Waals surface area contributed by atoms with E-state index in [2.05, 4.69) is 25.5 Å². The predicted molar refractivity (Wildman–Crippen MR) is 143 cm³/mol. The van der Waals surface area contributed by atoms with E-state index in [0.717, 1.165) is 37.5 Å². The fourth-order valence-electron chi connectivity index (χ4n) is 3.70. The number of likely N-dealkylation sites (tertiary alicyclic amines) is 1. The first kappa shape index (κ1) is 16.5. The van der Waals surface area contributed by atoms with Gasteiger partial charge in [0, 0.05) is 42.0 Å². The number of anilines is 4. The third-order valence-electron chi connectivity index (χ3n) is 5.35. The van der Waals surface area contributed by atoms with Gasteiger partial charge < -0.3 is 15.4 Å². The molecule has 0 atom stereocenters. The Labute approximate surface area is 226 Å². The average molecular weight is 520 g/mol. The molecule has 0 amide bonds. The van der Waals surface area contributed by atoms with Gasteiger partial charge in [0.25, 0.3) is 0 Å². The standard InChI is InChI=1S/C26H34N6O3S/c1-26(2,3)31-36(33,34)23-8-6-7-21(19-23)28-24-13-14-27-25(30-24)29-20-9-11-22(12-10-20)35-18-17-32-15-4-5-16-32/h6-14,19,31H,4-5,15-18H2,1-3H3,(H2,27,28,29,30)/i1D3,2D3,3D3. The topological polar surface area (TPSA) is 108 Å². The minimum Gasteiger partial charge on any atom is -0.492 e. The molecule has 2 aromatic carbocycles. The molecule has 0 aliphatic carbocycles. The average Bonchev–Trinajstić information content (AvgIpc) is 3.45. The van der Waals surface area contributed by atoms with Crippen LogP contribution in [0.5, 0.6) is 5.75 Å². The van der Waals surface area contributed by atoms with Gasteiger partial charge in [0.05, 0.1) is 4.90 Å². The first-order chi connectivity index (χ1) is 20.9. The molecule has 0 saturated carbocycles. The van der Waals surface area contributed by atoms with Gasteiger partial charge in [-0.25, -0.2) is 18.1 Å². The molecule has 3 aromatic rings. The fraction of sp³-hybridized carbons (Fsp3) is 0.385. The quantitative estimate of drug-likeness (QED) is 0.359. The lowest BCUT2D eigenvalue weighted by Crippen LogP contribution is -2.40. The molecular weight excluding hydrogens is 476 g/mol. The predicted octanol–water partition coefficient (Wildman–Crippen LogP) is 4.52. The second-order valence-corrected chi connectivity index (χ2v) is 10.0. The normalized spacial score (nSPS) is 19.3. The van der Waals surface area contributed by atoms with Gasteiger partial charge in [-0.3, -0.25) is 4.90 Å². The minimum atomic E-state index is -4.97. The zero-order valence-corrected chi connectivity index (χ0v) is 20.3. The molecule has 10 heteroatoms. The Morgan fingerprint density at radius 1 is 1.03 bits per heavy atom. The Balaban J connectivity index is 1.46. The van der Waals surface area contributed by atoms with E-state index < -0.39 is 41.0 Å². The number of rotatable bonds is 10. The maximum atomic E-state index is 13.3. The van der Waals surface area contributed by atoms with E-state index in [1.165, 1.54) is 42.0 Å². The summed E-state index contributed by atoms with van der Waals surface area (Å²) < 4.78 is 103. The van der Waals surface area contributed by atoms with Gasteiger partial charge in [-0.1, -0.05) is 6.07 Å². The third kappa shape index (κ3) is 7.64. The summed E-state index contributed by atoms with van der Waals surface area (Å²) in [6, 6.07) is 13.8. The van der Waals surface area contributed by atoms with Crippen molar-refractivity contribution in [3.63, 3.8) is 0 Å². The molecule has 0 bridgehead atoms. The van der Waals surface area contributed by atoms with Crippen LogP contribution in [0.3, 0.4) is 0 Å². The smallest absolute Gasteiger partial charge is 0.241 e. The molecule has 1 fully saturated rings. The summed E-state index contributed by atoms with van der Waals surface area (Å²) in [6.45, 7) is -7.57. The fourth-order valence-corrected chi connectivity index (χ4v) is 4.76. The summed E-state index contributed by atoms with van der Waals surface area (Å²) in [5.74, 6) is 1.22. The third-order valence-corrected chi connectivity index (χ3v) is 6.79. The Morgan fingerprint density at radius 3 is 2.56 bits per heavy atom. The van der Waals surface area contributed by atoms with E-state index in [4.69, 9.17) is 17.1 Å². The number of ether oxygens (including phenoxy) is 1. The number of benzene rings is 2. The number of nitrogens with one attached hydrogen (secondary N) is 3. The summed E-state index contributed by atoms with van der Waals surface area (Å²) in [6.07, 6.45) is 3.92. The van der Waals surface area contributed by atoms with Crippen molar-refractivity contribution in [3.05, 3.63) is 60.8 Å². The summed E-state index contributed by atoms with van der Waals surface area (Å²) in [5.41, 5.74) is -2.89. The monoisotopic (exact) mass is 519 g/mol. The van der Waals surface area contributed by atoms with Crippen LogP contribution in [0.2, 0.25) is 0 Å². The number of hydrogen-bond acceptors (Lipinski definition) is 8. The van der Waals surface area contributed by atoms with Crippen LogP contribution in [-0.4, -0.2) is 55.1 Å². The van der Waals surface area contributed by atoms with Gasteiger partial charge in [-0.15, -0.1) is 0 Å². The molecule has 1 aromatic heterocycles. The molecule has 1 aliphatic rings. The van der Waals surface area contributed by atoms with Gasteiger partial charge in [-0.05, 0) is 95.0 Å². The molecule has 1 saturated heterocycles. The largest absolute Gasteiger partial charge is 0.492 e. The van der Waals surface area contributed by atoms with Crippen LogP contribution in [-0.2, 0) is 10.0 Å². The first-order valence-electron chi connectivity index (χ1n) is 15.9. The SMILES string of the molecule is [2H]C([2H])([2H])C(NS(=O)(=O)c1cccc(Nc2ccnc(Nc3ccc(OCCN4CCCC4)cc3)n2)c1)(C([2H])([2H])[2H])C([2H])([2H])[2H]. The Bertz CT molecular complexity index is 1520. The van der Waals surface area contributed by atoms with Crippen molar-refractivity contribution < 1.29 is 25.5 Å². The second kappa shape index (κ2) is 11.2. The lowest BCUT2D eigenvalue weighted by atomic mass is 10.1. The Morgan fingerprint density at radius 2 is 1.81 bits per heavy atom. The summed E-state index contributed by atoms with van der Waals surface area (Å²) >= 11 is 0. The van der Waals surface area contributed by atoms with Gasteiger partial charge in [-0.2, -0.15) is 4.98 Å². The van der Waals surface area contributed by atoms with Crippen LogP contribution in [0.15, 0.2) is 65.7 Å². The van der Waals surface area contributed by atoms with Crippen LogP contribution in [0.25, 0.3) is 0 Å². The molecule has 1 aliphatic heterocycles. The lowest BCUT2D eigenvalue weighted by molar-refractivity contribution is 0.238. The van der Waals surface area contributed by atoms with Gasteiger partial charge >= 0.3 is 0 Å². The van der Waals surface area contributed by atoms with E-state index in [1.807, 2.05) is 24.3 Å². The maximum Gasteiger partial charge on any atom is 0.241 e. The molecule has 192 valence electrons. The Hall–Kier alpha value is -3.21. The molecule has 36 heavy (non-hydrogen) atoms. The molecular formula is C26H34N6O3S. The van der Waals surface area contributed by atoms with Gasteiger partial charge in [0.15, 0.2) is 0 Å². The highest BCUT2D eigenvalue weighted by Gasteiger charge is 2.22. The minimum absolute atomic E-state index is 0.181. The van der Waals surface area contributed by atoms with Crippen molar-refractivity contribution in [1.29, 1.82) is 0 Å². The van der Waals surface area contributed by atoms with E-state index in [1.54, 1.807) is 0 Å². The van der Waals surface area contributed by atoms with E-state index >= 15 is 0 Å². The highest BCUT2D eigenvalue weighted by molar-refractivity contribution is 7.89. The van der Waals surface area contributed by atoms with E-state index in [9.17, 15) is 8.42 Å². The molecule has 0 unspecified atom stereocenters. The van der Waals surface area contributed by atoms with Crippen LogP contribution in [0, 0.1) is 0 Å². The maximum absolute atomic E-state index is 13.3. The zero-order chi connectivity index (χ0) is 33.1. The van der Waals surface area contributed by atoms with Crippen molar-refractivity contribution in [3.8, 4) is 5.75 Å². The number of aromatic nitrogens is 2. The van der Waals surface area contributed by atoms with Crippen molar-refractivity contribution in [2.24, 2.45) is 0 Å². The first-order valence-corrected chi connectivity index (χ1v) is 12.9. The summed E-state index contributed by atoms with van der Waals surface area (Å²) in [4.78, 5) is 10.4. The number of sulfonamides is 1. The molecule has 3 N–H and O–H groups in total. The zero-order valence-electron chi connectivity index (χ0n) is 28.5. The van der Waals surface area contributed by atoms with Crippen molar-refractivity contribution in [2.45, 2.75) is 43.8 Å². The molecule has 0 spiro atoms. The van der Waals surface area contributed by atoms with Crippen LogP contribution in [0.1, 0.15) is 45.7 Å². The van der Waals surface area contributed by atoms with Gasteiger partial charge in [0.1, 0.15) is 18.2 Å². The van der Waals surface area contributed by atoms with Crippen molar-refractivity contribution >= 4 is 33.2 Å². The van der Waals surface area contributed by atoms with Crippen LogP contribution < -0.4 is 20.1 Å². The summed E-state index contributed by atoms with van der Waals surface area (Å²) in [7, 11) is -4.97. The highest BCUT2D eigenvalue weighted by Crippen LogP contribution is 2.22. The van der Waals surface area contributed by atoms with Crippen LogP contribution >= 0.6 is 0 Å². The lowest BCUT2D eigenvalue weighted by Gasteiger charge is -2.20. The number of nitrogens with zero attached hydrogens (tertiary/aromatic N) is 3. The molecule has 4 rings (SSSR count). The summed E-state index contributed by atoms with van der Waals surface area (Å²) in [5, 5.41) is 5.98. The Kier molecular flexibility index (Phi) is 5.16. The van der Waals surface area contributed by atoms with E-state index in [-0.39, 0.29) is 17.5 Å². The number of hydrogen-bond donors (Lipinski definition) is 3. The van der Waals surface area contributed by atoms with Crippen molar-refractivity contribution in [1.82, 2.24) is 19.6 Å². The molecule has 2 heterocycles. The highest BCUT2D eigenvalue weighted by atomic mass is 32.2. The van der Waals surface area contributed by atoms with Gasteiger partial charge in [0.2, 0.25) is 16.0 Å². The van der Waals surface area contributed by atoms with E-state index in [0.29, 0.717) is 12.3 Å². The second-order valence-electron chi connectivity index (χ2n) is 8.32. The molecule has 0 radical (unpaired) electrons. The van der Waals surface area contributed by atoms with Crippen LogP contribution in [0.4, 0.5) is 23.1 Å².